The molecule has 0 bridgehead atoms. The van der Waals surface area contributed by atoms with E-state index in [0.717, 1.165) is 67.6 Å². The lowest BCUT2D eigenvalue weighted by Crippen LogP contribution is -2.48. The van der Waals surface area contributed by atoms with E-state index in [9.17, 15) is 14.4 Å². The van der Waals surface area contributed by atoms with E-state index in [-0.39, 0.29) is 23.6 Å². The number of likely N-dealkylation sites (tertiary alicyclic amines) is 1. The van der Waals surface area contributed by atoms with E-state index < -0.39 is 6.04 Å². The van der Waals surface area contributed by atoms with Crippen LogP contribution in [-0.4, -0.2) is 82.0 Å². The molecule has 256 valence electrons. The Morgan fingerprint density at radius 2 is 1.63 bits per heavy atom. The largest absolute Gasteiger partial charge is 0.351 e. The van der Waals surface area contributed by atoms with Crippen LogP contribution in [0.15, 0.2) is 72.8 Å². The van der Waals surface area contributed by atoms with Crippen LogP contribution in [0.1, 0.15) is 54.4 Å². The van der Waals surface area contributed by atoms with Gasteiger partial charge in [0.15, 0.2) is 0 Å². The Morgan fingerprint density at radius 3 is 2.35 bits per heavy atom. The molecule has 2 heterocycles. The van der Waals surface area contributed by atoms with Crippen LogP contribution >= 0.6 is 0 Å². The summed E-state index contributed by atoms with van der Waals surface area (Å²) in [6, 6.07) is 21.8. The lowest BCUT2D eigenvalue weighted by molar-refractivity contribution is -0.130. The quantitative estimate of drug-likeness (QED) is 0.144. The molecule has 6 N–H and O–H groups in total. The van der Waals surface area contributed by atoms with Gasteiger partial charge in [0.05, 0.1) is 0 Å². The van der Waals surface area contributed by atoms with Crippen molar-refractivity contribution in [3.8, 4) is 22.5 Å². The van der Waals surface area contributed by atoms with Gasteiger partial charge in [-0.15, -0.1) is 10.2 Å². The molecule has 0 unspecified atom stereocenters. The number of carbonyl (C=O) groups excluding carboxylic acids is 3. The van der Waals surface area contributed by atoms with Crippen molar-refractivity contribution in [3.05, 3.63) is 83.9 Å². The van der Waals surface area contributed by atoms with Crippen LogP contribution in [0.5, 0.6) is 0 Å². The minimum atomic E-state index is -0.806. The van der Waals surface area contributed by atoms with Crippen molar-refractivity contribution in [3.63, 3.8) is 0 Å². The molecule has 1 saturated heterocycles. The lowest BCUT2D eigenvalue weighted by Gasteiger charge is -2.28. The maximum absolute atomic E-state index is 13.8. The first-order valence-corrected chi connectivity index (χ1v) is 17.3. The number of benzene rings is 3. The van der Waals surface area contributed by atoms with E-state index in [1.165, 1.54) is 12.8 Å². The van der Waals surface area contributed by atoms with Gasteiger partial charge < -0.3 is 26.6 Å². The van der Waals surface area contributed by atoms with Gasteiger partial charge in [0.1, 0.15) is 6.04 Å². The van der Waals surface area contributed by atoms with Gasteiger partial charge in [-0.25, -0.2) is 0 Å². The topological polar surface area (TPSA) is 171 Å². The van der Waals surface area contributed by atoms with Crippen LogP contribution in [0.2, 0.25) is 0 Å². The summed E-state index contributed by atoms with van der Waals surface area (Å²) < 4.78 is 0. The lowest BCUT2D eigenvalue weighted by atomic mass is 9.81. The van der Waals surface area contributed by atoms with Crippen molar-refractivity contribution in [2.75, 3.05) is 38.0 Å². The van der Waals surface area contributed by atoms with Crippen molar-refractivity contribution in [2.24, 2.45) is 17.6 Å². The number of nitrogens with one attached hydrogen (secondary N) is 4. The van der Waals surface area contributed by atoms with E-state index in [1.54, 1.807) is 24.3 Å². The van der Waals surface area contributed by atoms with Crippen molar-refractivity contribution in [1.29, 1.82) is 0 Å². The van der Waals surface area contributed by atoms with Gasteiger partial charge in [0, 0.05) is 42.2 Å². The minimum absolute atomic E-state index is 0.0949. The molecule has 1 aromatic heterocycles. The van der Waals surface area contributed by atoms with E-state index in [1.807, 2.05) is 48.5 Å². The summed E-state index contributed by atoms with van der Waals surface area (Å²) in [5.41, 5.74) is 10.5. The van der Waals surface area contributed by atoms with Crippen LogP contribution in [0.25, 0.3) is 22.5 Å². The minimum Gasteiger partial charge on any atom is -0.351 e. The smallest absolute Gasteiger partial charge is 0.251 e. The first-order chi connectivity index (χ1) is 23.9. The Balaban J connectivity index is 1.15. The van der Waals surface area contributed by atoms with E-state index in [0.29, 0.717) is 42.5 Å². The standard InChI is InChI=1S/C37H45N9O3/c38-24-25-9-11-28(12-10-25)36(48)41-33(37(49)40-32-15-13-27(14-16-32)34-42-44-45-43-34)22-26-5-3-6-29(21-26)30-7-4-8-31(23-30)35(47)39-17-20-46-18-1-2-19-46/h3-8,13-16,21,23,25,28,33H,1-2,9-12,17-20,22,24,38H2,(H,39,47)(H,40,49)(H,41,48)(H,42,43,44,45)/t25?,28?,33-/m0/s1. The molecule has 1 aliphatic carbocycles. The number of aromatic amines is 1. The fraction of sp³-hybridized carbons (Fsp3) is 0.405. The Hall–Kier alpha value is -4.94. The van der Waals surface area contributed by atoms with E-state index in [2.05, 4.69) is 41.5 Å². The fourth-order valence-electron chi connectivity index (χ4n) is 6.76. The van der Waals surface area contributed by atoms with Gasteiger partial charge in [-0.3, -0.25) is 14.4 Å². The van der Waals surface area contributed by atoms with Crippen LogP contribution in [0.4, 0.5) is 5.69 Å². The summed E-state index contributed by atoms with van der Waals surface area (Å²) in [5.74, 6) is 0.235. The van der Waals surface area contributed by atoms with Gasteiger partial charge in [-0.1, -0.05) is 36.4 Å². The first kappa shape index (κ1) is 33.9. The summed E-state index contributed by atoms with van der Waals surface area (Å²) in [5, 5.41) is 23.1. The van der Waals surface area contributed by atoms with E-state index >= 15 is 0 Å². The molecule has 4 aromatic rings. The molecule has 1 aliphatic heterocycles. The number of hydrogen-bond donors (Lipinski definition) is 5. The van der Waals surface area contributed by atoms with Gasteiger partial charge in [-0.05, 0) is 122 Å². The maximum atomic E-state index is 13.8. The average molecular weight is 664 g/mol. The third-order valence-corrected chi connectivity index (χ3v) is 9.68. The molecule has 12 heteroatoms. The monoisotopic (exact) mass is 663 g/mol. The fourth-order valence-corrected chi connectivity index (χ4v) is 6.76. The van der Waals surface area contributed by atoms with Crippen molar-refractivity contribution in [2.45, 2.75) is 51.0 Å². The third-order valence-electron chi connectivity index (χ3n) is 9.68. The van der Waals surface area contributed by atoms with Crippen LogP contribution in [0, 0.1) is 11.8 Å². The number of aromatic nitrogens is 4. The Bertz CT molecular complexity index is 1700. The molecule has 0 spiro atoms. The maximum Gasteiger partial charge on any atom is 0.251 e. The zero-order chi connectivity index (χ0) is 34.0. The highest BCUT2D eigenvalue weighted by molar-refractivity contribution is 5.98. The zero-order valence-corrected chi connectivity index (χ0v) is 27.7. The average Bonchev–Trinajstić information content (AvgIpc) is 3.88. The molecule has 2 aliphatic rings. The van der Waals surface area contributed by atoms with E-state index in [4.69, 9.17) is 5.73 Å². The van der Waals surface area contributed by atoms with Crippen LogP contribution in [0.3, 0.4) is 0 Å². The molecular formula is C37H45N9O3. The highest BCUT2D eigenvalue weighted by atomic mass is 16.2. The number of carbonyl (C=O) groups is 3. The molecule has 0 radical (unpaired) electrons. The number of anilines is 1. The predicted octanol–water partition coefficient (Wildman–Crippen LogP) is 3.79. The van der Waals surface area contributed by atoms with Crippen LogP contribution in [-0.2, 0) is 16.0 Å². The highest BCUT2D eigenvalue weighted by Crippen LogP contribution is 2.29. The Labute approximate surface area is 286 Å². The Kier molecular flexibility index (Phi) is 11.4. The molecular weight excluding hydrogens is 618 g/mol. The second kappa shape index (κ2) is 16.4. The number of nitrogens with zero attached hydrogens (tertiary/aromatic N) is 4. The SMILES string of the molecule is NCC1CCC(C(=O)N[C@@H](Cc2cccc(-c3cccc(C(=O)NCCN4CCCC4)c3)c2)C(=O)Nc2ccc(-c3nn[nH]n3)cc2)CC1. The second-order valence-electron chi connectivity index (χ2n) is 13.1. The first-order valence-electron chi connectivity index (χ1n) is 17.3. The molecule has 3 aromatic carbocycles. The summed E-state index contributed by atoms with van der Waals surface area (Å²) in [6.45, 7) is 4.30. The van der Waals surface area contributed by atoms with Crippen molar-refractivity contribution in [1.82, 2.24) is 36.2 Å². The van der Waals surface area contributed by atoms with Crippen LogP contribution < -0.4 is 21.7 Å². The molecule has 12 nitrogen and oxygen atoms in total. The highest BCUT2D eigenvalue weighted by Gasteiger charge is 2.29. The van der Waals surface area contributed by atoms with Gasteiger partial charge in [0.2, 0.25) is 17.6 Å². The van der Waals surface area contributed by atoms with Gasteiger partial charge >= 0.3 is 0 Å². The summed E-state index contributed by atoms with van der Waals surface area (Å²) >= 11 is 0. The van der Waals surface area contributed by atoms with Crippen molar-refractivity contribution >= 4 is 23.4 Å². The number of hydrogen-bond acceptors (Lipinski definition) is 8. The number of tetrazole rings is 1. The summed E-state index contributed by atoms with van der Waals surface area (Å²) in [4.78, 5) is 42.6. The number of amides is 3. The number of H-pyrrole nitrogens is 1. The second-order valence-corrected chi connectivity index (χ2v) is 13.1. The van der Waals surface area contributed by atoms with Gasteiger partial charge in [-0.2, -0.15) is 5.21 Å². The molecule has 1 saturated carbocycles. The Morgan fingerprint density at radius 1 is 0.898 bits per heavy atom. The zero-order valence-electron chi connectivity index (χ0n) is 27.7. The molecule has 2 fully saturated rings. The summed E-state index contributed by atoms with van der Waals surface area (Å²) in [7, 11) is 0. The third kappa shape index (κ3) is 9.15. The normalized spacial score (nSPS) is 18.5. The molecule has 3 amide bonds. The molecule has 1 atom stereocenters. The predicted molar refractivity (Wildman–Crippen MR) is 188 cm³/mol. The summed E-state index contributed by atoms with van der Waals surface area (Å²) in [6.07, 6.45) is 6.09. The van der Waals surface area contributed by atoms with Gasteiger partial charge in [0.25, 0.3) is 5.91 Å². The van der Waals surface area contributed by atoms with Crippen molar-refractivity contribution < 1.29 is 14.4 Å². The number of rotatable bonds is 13. The molecule has 6 rings (SSSR count). The number of nitrogens with two attached hydrogens (primary N) is 1. The molecule has 49 heavy (non-hydrogen) atoms.